The summed E-state index contributed by atoms with van der Waals surface area (Å²) in [6, 6.07) is 5.52. The third kappa shape index (κ3) is 2.43. The van der Waals surface area contributed by atoms with Gasteiger partial charge in [-0.3, -0.25) is 0 Å². The van der Waals surface area contributed by atoms with Crippen LogP contribution in [0.15, 0.2) is 36.4 Å². The van der Waals surface area contributed by atoms with E-state index in [1.807, 2.05) is 30.4 Å². The average Bonchev–Trinajstić information content (AvgIpc) is 2.20. The number of hydrogen-bond acceptors (Lipinski definition) is 3. The number of thiocarbonyl (C=S) groups is 1. The van der Waals surface area contributed by atoms with Gasteiger partial charge in [0, 0.05) is 28.2 Å². The van der Waals surface area contributed by atoms with E-state index in [1.165, 1.54) is 0 Å². The molecule has 1 aromatic carbocycles. The van der Waals surface area contributed by atoms with Gasteiger partial charge in [-0.25, -0.2) is 0 Å². The van der Waals surface area contributed by atoms with Gasteiger partial charge in [-0.1, -0.05) is 36.5 Å². The number of allylic oxidation sites excluding steroid dienone is 4. The van der Waals surface area contributed by atoms with Crippen LogP contribution in [0.5, 0.6) is 0 Å². The highest BCUT2D eigenvalue weighted by Crippen LogP contribution is 2.27. The largest absolute Gasteiger partial charge is 0.399 e. The number of halogens is 1. The van der Waals surface area contributed by atoms with Crippen LogP contribution in [0.3, 0.4) is 0 Å². The molecule has 0 fully saturated rings. The van der Waals surface area contributed by atoms with E-state index in [-0.39, 0.29) is 12.4 Å². The summed E-state index contributed by atoms with van der Waals surface area (Å²) in [6.45, 7) is 0. The number of nitrogens with two attached hydrogens (primary N) is 2. The summed E-state index contributed by atoms with van der Waals surface area (Å²) in [7, 11) is 0. The average molecular weight is 253 g/mol. The van der Waals surface area contributed by atoms with Gasteiger partial charge in [-0.05, 0) is 17.7 Å². The Labute approximate surface area is 106 Å². The molecule has 16 heavy (non-hydrogen) atoms. The van der Waals surface area contributed by atoms with Gasteiger partial charge in [0.15, 0.2) is 0 Å². The van der Waals surface area contributed by atoms with Crippen molar-refractivity contribution in [2.75, 3.05) is 11.5 Å². The van der Waals surface area contributed by atoms with Crippen molar-refractivity contribution in [3.63, 3.8) is 0 Å². The SMILES string of the molecule is Cl.Nc1ccc(C2=CC=CCC2=S)c(N)c1. The first-order valence-electron chi connectivity index (χ1n) is 4.74. The van der Waals surface area contributed by atoms with Crippen LogP contribution in [0.4, 0.5) is 11.4 Å². The molecule has 2 rings (SSSR count). The molecule has 0 unspecified atom stereocenters. The molecule has 4 heteroatoms. The lowest BCUT2D eigenvalue weighted by Crippen LogP contribution is -2.04. The van der Waals surface area contributed by atoms with Crippen molar-refractivity contribution >= 4 is 46.4 Å². The Balaban J connectivity index is 0.00000128. The molecule has 4 N–H and O–H groups in total. The topological polar surface area (TPSA) is 52.0 Å². The second-order valence-electron chi connectivity index (χ2n) is 3.48. The molecule has 0 bridgehead atoms. The summed E-state index contributed by atoms with van der Waals surface area (Å²) in [6.07, 6.45) is 6.85. The number of benzene rings is 1. The molecule has 0 heterocycles. The van der Waals surface area contributed by atoms with Crippen molar-refractivity contribution < 1.29 is 0 Å². The van der Waals surface area contributed by atoms with E-state index < -0.39 is 0 Å². The molecule has 2 nitrogen and oxygen atoms in total. The van der Waals surface area contributed by atoms with E-state index in [1.54, 1.807) is 6.07 Å². The minimum Gasteiger partial charge on any atom is -0.399 e. The van der Waals surface area contributed by atoms with Gasteiger partial charge in [-0.15, -0.1) is 12.4 Å². The molecule has 1 aromatic rings. The van der Waals surface area contributed by atoms with Gasteiger partial charge >= 0.3 is 0 Å². The zero-order valence-corrected chi connectivity index (χ0v) is 10.3. The summed E-state index contributed by atoms with van der Waals surface area (Å²) >= 11 is 5.30. The first kappa shape index (κ1) is 12.7. The maximum absolute atomic E-state index is 5.91. The molecule has 0 saturated carbocycles. The molecule has 1 aliphatic rings. The Morgan fingerprint density at radius 3 is 2.56 bits per heavy atom. The van der Waals surface area contributed by atoms with Crippen molar-refractivity contribution in [1.29, 1.82) is 0 Å². The van der Waals surface area contributed by atoms with Crippen LogP contribution in [-0.4, -0.2) is 4.86 Å². The van der Waals surface area contributed by atoms with Gasteiger partial charge in [0.1, 0.15) is 0 Å². The standard InChI is InChI=1S/C12H12N2S.ClH/c13-8-5-6-9(11(14)7-8)10-3-1-2-4-12(10)15;/h1-3,5-7H,4,13-14H2;1H. The van der Waals surface area contributed by atoms with E-state index in [4.69, 9.17) is 23.7 Å². The minimum absolute atomic E-state index is 0. The van der Waals surface area contributed by atoms with E-state index in [9.17, 15) is 0 Å². The summed E-state index contributed by atoms with van der Waals surface area (Å²) in [5, 5.41) is 0. The molecule has 84 valence electrons. The number of nitrogen functional groups attached to an aromatic ring is 2. The molecule has 0 spiro atoms. The molecule has 1 aliphatic carbocycles. The van der Waals surface area contributed by atoms with E-state index in [0.29, 0.717) is 11.4 Å². The Morgan fingerprint density at radius 1 is 1.19 bits per heavy atom. The molecular formula is C12H13ClN2S. The van der Waals surface area contributed by atoms with Gasteiger partial charge in [0.05, 0.1) is 0 Å². The van der Waals surface area contributed by atoms with E-state index in [2.05, 4.69) is 0 Å². The van der Waals surface area contributed by atoms with Crippen LogP contribution in [0.1, 0.15) is 12.0 Å². The Morgan fingerprint density at radius 2 is 1.94 bits per heavy atom. The highest BCUT2D eigenvalue weighted by molar-refractivity contribution is 7.81. The Bertz CT molecular complexity index is 478. The first-order valence-corrected chi connectivity index (χ1v) is 5.14. The van der Waals surface area contributed by atoms with Gasteiger partial charge in [-0.2, -0.15) is 0 Å². The number of anilines is 2. The summed E-state index contributed by atoms with van der Waals surface area (Å²) in [5.74, 6) is 0. The lowest BCUT2D eigenvalue weighted by molar-refractivity contribution is 1.49. The van der Waals surface area contributed by atoms with Crippen LogP contribution in [0, 0.1) is 0 Å². The lowest BCUT2D eigenvalue weighted by Gasteiger charge is -2.13. The molecule has 0 radical (unpaired) electrons. The minimum atomic E-state index is 0. The normalized spacial score (nSPS) is 14.2. The first-order chi connectivity index (χ1) is 7.18. The van der Waals surface area contributed by atoms with E-state index >= 15 is 0 Å². The van der Waals surface area contributed by atoms with Gasteiger partial charge < -0.3 is 11.5 Å². The predicted molar refractivity (Wildman–Crippen MR) is 76.8 cm³/mol. The van der Waals surface area contributed by atoms with Crippen LogP contribution >= 0.6 is 24.6 Å². The van der Waals surface area contributed by atoms with Crippen molar-refractivity contribution in [1.82, 2.24) is 0 Å². The Kier molecular flexibility index (Phi) is 4.10. The molecule has 0 atom stereocenters. The number of rotatable bonds is 1. The fourth-order valence-electron chi connectivity index (χ4n) is 1.61. The van der Waals surface area contributed by atoms with Gasteiger partial charge in [0.2, 0.25) is 0 Å². The van der Waals surface area contributed by atoms with Crippen LogP contribution in [0.25, 0.3) is 5.57 Å². The Hall–Kier alpha value is -1.32. The quantitative estimate of drug-likeness (QED) is 0.597. The van der Waals surface area contributed by atoms with Crippen molar-refractivity contribution in [2.24, 2.45) is 0 Å². The van der Waals surface area contributed by atoms with Crippen LogP contribution in [-0.2, 0) is 0 Å². The maximum Gasteiger partial charge on any atom is 0.0414 e. The molecule has 0 saturated heterocycles. The summed E-state index contributed by atoms with van der Waals surface area (Å²) < 4.78 is 0. The zero-order valence-electron chi connectivity index (χ0n) is 8.64. The van der Waals surface area contributed by atoms with Gasteiger partial charge in [0.25, 0.3) is 0 Å². The second kappa shape index (κ2) is 5.14. The smallest absolute Gasteiger partial charge is 0.0414 e. The monoisotopic (exact) mass is 252 g/mol. The fourth-order valence-corrected chi connectivity index (χ4v) is 1.88. The van der Waals surface area contributed by atoms with Crippen LogP contribution in [0.2, 0.25) is 0 Å². The third-order valence-electron chi connectivity index (χ3n) is 2.37. The molecular weight excluding hydrogens is 240 g/mol. The highest BCUT2D eigenvalue weighted by Gasteiger charge is 2.11. The number of hydrogen-bond donors (Lipinski definition) is 2. The van der Waals surface area contributed by atoms with Crippen molar-refractivity contribution in [2.45, 2.75) is 6.42 Å². The van der Waals surface area contributed by atoms with Crippen LogP contribution < -0.4 is 11.5 Å². The molecule has 0 aromatic heterocycles. The maximum atomic E-state index is 5.91. The molecule has 0 aliphatic heterocycles. The fraction of sp³-hybridized carbons (Fsp3) is 0.0833. The lowest BCUT2D eigenvalue weighted by atomic mass is 9.95. The second-order valence-corrected chi connectivity index (χ2v) is 3.98. The van der Waals surface area contributed by atoms with Crippen molar-refractivity contribution in [3.05, 3.63) is 42.0 Å². The van der Waals surface area contributed by atoms with Crippen molar-refractivity contribution in [3.8, 4) is 0 Å². The molecule has 0 amide bonds. The highest BCUT2D eigenvalue weighted by atomic mass is 35.5. The predicted octanol–water partition coefficient (Wildman–Crippen LogP) is 2.99. The summed E-state index contributed by atoms with van der Waals surface area (Å²) in [4.78, 5) is 0.925. The third-order valence-corrected chi connectivity index (χ3v) is 2.76. The zero-order chi connectivity index (χ0) is 10.8. The summed E-state index contributed by atoms with van der Waals surface area (Å²) in [5.41, 5.74) is 14.9. The van der Waals surface area contributed by atoms with E-state index in [0.717, 1.165) is 22.4 Å².